The van der Waals surface area contributed by atoms with Gasteiger partial charge in [0.25, 0.3) is 0 Å². The summed E-state index contributed by atoms with van der Waals surface area (Å²) in [6.45, 7) is 13.6. The van der Waals surface area contributed by atoms with Gasteiger partial charge in [-0.25, -0.2) is 9.97 Å². The van der Waals surface area contributed by atoms with Crippen molar-refractivity contribution in [1.29, 1.82) is 0 Å². The van der Waals surface area contributed by atoms with Crippen molar-refractivity contribution in [2.24, 2.45) is 5.92 Å². The third kappa shape index (κ3) is 6.01. The van der Waals surface area contributed by atoms with E-state index < -0.39 is 29.8 Å². The highest BCUT2D eigenvalue weighted by Crippen LogP contribution is 2.40. The molecule has 0 amide bonds. The Labute approximate surface area is 221 Å². The molecule has 5 N–H and O–H groups in total. The normalized spacial score (nSPS) is 23.1. The van der Waals surface area contributed by atoms with E-state index in [1.807, 2.05) is 40.7 Å². The number of thiazole rings is 1. The lowest BCUT2D eigenvalue weighted by Crippen LogP contribution is -2.40. The minimum atomic E-state index is -1.14. The third-order valence-corrected chi connectivity index (χ3v) is 7.80. The smallest absolute Gasteiger partial charge is 0.225 e. The van der Waals surface area contributed by atoms with Crippen LogP contribution in [0.25, 0.3) is 20.8 Å². The molecule has 11 heteroatoms. The molecule has 1 saturated carbocycles. The fraction of sp³-hybridized carbons (Fsp3) is 0.615. The summed E-state index contributed by atoms with van der Waals surface area (Å²) in [6.07, 6.45) is 0.117. The lowest BCUT2D eigenvalue weighted by Gasteiger charge is -2.28. The Morgan fingerprint density at radius 2 is 1.84 bits per heavy atom. The van der Waals surface area contributed by atoms with E-state index in [0.717, 1.165) is 26.5 Å². The van der Waals surface area contributed by atoms with Crippen LogP contribution < -0.4 is 10.6 Å². The summed E-state index contributed by atoms with van der Waals surface area (Å²) in [4.78, 5) is 18.7. The van der Waals surface area contributed by atoms with Crippen molar-refractivity contribution in [3.05, 3.63) is 23.7 Å². The van der Waals surface area contributed by atoms with Crippen molar-refractivity contribution < 1.29 is 20.1 Å². The maximum absolute atomic E-state index is 10.9. The van der Waals surface area contributed by atoms with Gasteiger partial charge in [0, 0.05) is 18.2 Å². The van der Waals surface area contributed by atoms with Gasteiger partial charge in [-0.2, -0.15) is 4.98 Å². The monoisotopic (exact) mass is 530 g/mol. The summed E-state index contributed by atoms with van der Waals surface area (Å²) < 4.78 is 6.73. The summed E-state index contributed by atoms with van der Waals surface area (Å²) in [5.41, 5.74) is 1.97. The second kappa shape index (κ2) is 10.7. The van der Waals surface area contributed by atoms with E-state index in [2.05, 4.69) is 15.6 Å². The second-order valence-corrected chi connectivity index (χ2v) is 11.8. The van der Waals surface area contributed by atoms with E-state index in [1.54, 1.807) is 20.0 Å². The van der Waals surface area contributed by atoms with E-state index in [0.29, 0.717) is 30.5 Å². The fourth-order valence-electron chi connectivity index (χ4n) is 4.74. The quantitative estimate of drug-likeness (QED) is 0.279. The Kier molecular flexibility index (Phi) is 8.01. The predicted octanol–water partition coefficient (Wildman–Crippen LogP) is 3.28. The standard InChI is InChI=1S/C26H38N6O4S/c1-12(2)36-11-13(3)28-25-29-14(4)19(24-31-20-15(5)27-9-8-18(20)37-24)23(32-25)30-17-10-16(26(6,7)35)21(33)22(17)34/h8-9,12-13,16-17,21-22,33-35H,10-11H2,1-7H3,(H2,28,29,30,32)/t13-,16+,17-,21-,22+/m1/s1. The summed E-state index contributed by atoms with van der Waals surface area (Å²) in [7, 11) is 0. The number of hydrogen-bond acceptors (Lipinski definition) is 11. The summed E-state index contributed by atoms with van der Waals surface area (Å²) in [6, 6.07) is 1.38. The second-order valence-electron chi connectivity index (χ2n) is 10.8. The number of nitrogens with zero attached hydrogens (tertiary/aromatic N) is 4. The predicted molar refractivity (Wildman–Crippen MR) is 146 cm³/mol. The maximum Gasteiger partial charge on any atom is 0.225 e. The van der Waals surface area contributed by atoms with Crippen LogP contribution in [0.4, 0.5) is 11.8 Å². The lowest BCUT2D eigenvalue weighted by molar-refractivity contribution is -0.0601. The van der Waals surface area contributed by atoms with Gasteiger partial charge in [-0.3, -0.25) is 4.98 Å². The van der Waals surface area contributed by atoms with Crippen LogP contribution in [0, 0.1) is 19.8 Å². The Balaban J connectivity index is 1.73. The molecule has 5 atom stereocenters. The van der Waals surface area contributed by atoms with Gasteiger partial charge in [0.2, 0.25) is 5.95 Å². The molecule has 1 fully saturated rings. The molecule has 1 aliphatic carbocycles. The average molecular weight is 531 g/mol. The highest BCUT2D eigenvalue weighted by Gasteiger charge is 2.48. The molecule has 202 valence electrons. The molecule has 0 radical (unpaired) electrons. The van der Waals surface area contributed by atoms with Crippen LogP contribution in [0.15, 0.2) is 12.3 Å². The van der Waals surface area contributed by atoms with Crippen molar-refractivity contribution in [2.75, 3.05) is 17.2 Å². The number of aromatic nitrogens is 4. The molecular weight excluding hydrogens is 492 g/mol. The van der Waals surface area contributed by atoms with Crippen LogP contribution >= 0.6 is 11.3 Å². The molecule has 1 aliphatic rings. The highest BCUT2D eigenvalue weighted by molar-refractivity contribution is 7.21. The Morgan fingerprint density at radius 1 is 1.11 bits per heavy atom. The molecule has 10 nitrogen and oxygen atoms in total. The van der Waals surface area contributed by atoms with Gasteiger partial charge >= 0.3 is 0 Å². The molecule has 0 unspecified atom stereocenters. The number of hydrogen-bond donors (Lipinski definition) is 5. The van der Waals surface area contributed by atoms with Gasteiger partial charge in [0.1, 0.15) is 22.4 Å². The first kappa shape index (κ1) is 27.6. The van der Waals surface area contributed by atoms with Crippen molar-refractivity contribution in [2.45, 2.75) is 90.9 Å². The summed E-state index contributed by atoms with van der Waals surface area (Å²) in [5.74, 6) is 0.437. The first-order valence-electron chi connectivity index (χ1n) is 12.7. The highest BCUT2D eigenvalue weighted by atomic mass is 32.1. The number of aliphatic hydroxyl groups excluding tert-OH is 2. The van der Waals surface area contributed by atoms with Gasteiger partial charge < -0.3 is 30.7 Å². The van der Waals surface area contributed by atoms with Crippen molar-refractivity contribution in [1.82, 2.24) is 19.9 Å². The largest absolute Gasteiger partial charge is 0.390 e. The van der Waals surface area contributed by atoms with Crippen molar-refractivity contribution in [3.63, 3.8) is 0 Å². The van der Waals surface area contributed by atoms with Gasteiger partial charge in [-0.1, -0.05) is 0 Å². The zero-order valence-electron chi connectivity index (χ0n) is 22.5. The van der Waals surface area contributed by atoms with Crippen LogP contribution in [0.2, 0.25) is 0 Å². The molecule has 0 aromatic carbocycles. The minimum absolute atomic E-state index is 0.0323. The molecule has 3 aromatic heterocycles. The van der Waals surface area contributed by atoms with Crippen LogP contribution in [-0.4, -0.2) is 77.9 Å². The van der Waals surface area contributed by atoms with Crippen molar-refractivity contribution in [3.8, 4) is 10.6 Å². The van der Waals surface area contributed by atoms with E-state index in [9.17, 15) is 15.3 Å². The summed E-state index contributed by atoms with van der Waals surface area (Å²) >= 11 is 1.52. The van der Waals surface area contributed by atoms with Gasteiger partial charge in [0.15, 0.2) is 0 Å². The topological polar surface area (TPSA) is 146 Å². The number of aryl methyl sites for hydroxylation is 2. The number of fused-ring (bicyclic) bond motifs is 1. The number of aliphatic hydroxyl groups is 3. The lowest BCUT2D eigenvalue weighted by atomic mass is 9.88. The molecule has 0 saturated heterocycles. The van der Waals surface area contributed by atoms with E-state index >= 15 is 0 Å². The zero-order valence-corrected chi connectivity index (χ0v) is 23.3. The number of rotatable bonds is 9. The van der Waals surface area contributed by atoms with Crippen LogP contribution in [0.1, 0.15) is 52.4 Å². The fourth-order valence-corrected chi connectivity index (χ4v) is 5.85. The molecule has 0 spiro atoms. The van der Waals surface area contributed by atoms with Crippen LogP contribution in [-0.2, 0) is 4.74 Å². The molecule has 3 heterocycles. The molecule has 4 rings (SSSR count). The number of nitrogens with one attached hydrogen (secondary N) is 2. The van der Waals surface area contributed by atoms with E-state index in [-0.39, 0.29) is 12.1 Å². The third-order valence-electron chi connectivity index (χ3n) is 6.76. The first-order chi connectivity index (χ1) is 17.3. The molecule has 0 bridgehead atoms. The molecule has 3 aromatic rings. The van der Waals surface area contributed by atoms with E-state index in [1.165, 1.54) is 11.3 Å². The first-order valence-corrected chi connectivity index (χ1v) is 13.5. The Hall–Kier alpha value is -2.44. The minimum Gasteiger partial charge on any atom is -0.390 e. The van der Waals surface area contributed by atoms with Gasteiger partial charge in [-0.05, 0) is 61.0 Å². The van der Waals surface area contributed by atoms with Crippen LogP contribution in [0.5, 0.6) is 0 Å². The SMILES string of the molecule is Cc1nc(N[C@H](C)COC(C)C)nc(N[C@@H]2C[C@H](C(C)(C)O)[C@@H](O)[C@H]2O)c1-c1nc2c(C)nccc2s1. The van der Waals surface area contributed by atoms with E-state index in [4.69, 9.17) is 19.7 Å². The van der Waals surface area contributed by atoms with Crippen LogP contribution in [0.3, 0.4) is 0 Å². The summed E-state index contributed by atoms with van der Waals surface area (Å²) in [5, 5.41) is 39.5. The number of ether oxygens (including phenoxy) is 1. The molecular formula is C26H38N6O4S. The molecule has 0 aliphatic heterocycles. The molecule has 37 heavy (non-hydrogen) atoms. The Bertz CT molecular complexity index is 1240. The maximum atomic E-state index is 10.9. The number of pyridine rings is 1. The number of anilines is 2. The van der Waals surface area contributed by atoms with Crippen molar-refractivity contribution >= 4 is 33.3 Å². The zero-order chi connectivity index (χ0) is 27.1. The Morgan fingerprint density at radius 3 is 2.46 bits per heavy atom. The van der Waals surface area contributed by atoms with Gasteiger partial charge in [-0.15, -0.1) is 11.3 Å². The average Bonchev–Trinajstić information content (AvgIpc) is 3.35. The van der Waals surface area contributed by atoms with Gasteiger partial charge in [0.05, 0.1) is 52.1 Å².